The lowest BCUT2D eigenvalue weighted by Crippen LogP contribution is -2.29. The van der Waals surface area contributed by atoms with Crippen LogP contribution < -0.4 is 10.1 Å². The summed E-state index contributed by atoms with van der Waals surface area (Å²) in [5.41, 5.74) is 3.81. The van der Waals surface area contributed by atoms with E-state index in [1.54, 1.807) is 12.1 Å². The number of nitrogens with one attached hydrogen (secondary N) is 1. The molecule has 1 atom stereocenters. The topological polar surface area (TPSA) is 75.7 Å². The molecule has 0 fully saturated rings. The van der Waals surface area contributed by atoms with Crippen LogP contribution in [0.25, 0.3) is 0 Å². The Hall–Kier alpha value is -3.16. The third-order valence-electron chi connectivity index (χ3n) is 5.50. The van der Waals surface area contributed by atoms with Gasteiger partial charge in [0.25, 0.3) is 0 Å². The normalized spacial score (nSPS) is 12.4. The Bertz CT molecular complexity index is 1190. The Kier molecular flexibility index (Phi) is 7.89. The summed E-state index contributed by atoms with van der Waals surface area (Å²) in [6, 6.07) is 22.4. The molecule has 0 aliphatic heterocycles. The lowest BCUT2D eigenvalue weighted by Gasteiger charge is -2.20. The van der Waals surface area contributed by atoms with Crippen molar-refractivity contribution < 1.29 is 17.9 Å². The van der Waals surface area contributed by atoms with Crippen LogP contribution in [0.2, 0.25) is 0 Å². The second-order valence-electron chi connectivity index (χ2n) is 8.08. The van der Waals surface area contributed by atoms with Gasteiger partial charge in [0.15, 0.2) is 0 Å². The maximum absolute atomic E-state index is 13.0. The number of nitrogens with zero attached hydrogens (tertiary/aromatic N) is 1. The van der Waals surface area contributed by atoms with Crippen molar-refractivity contribution in [3.63, 3.8) is 0 Å². The van der Waals surface area contributed by atoms with Crippen LogP contribution in [0.1, 0.15) is 34.7 Å². The number of carbonyl (C=O) groups excluding carboxylic acids is 1. The van der Waals surface area contributed by atoms with Gasteiger partial charge < -0.3 is 10.1 Å². The monoisotopic (exact) mass is 466 g/mol. The van der Waals surface area contributed by atoms with Crippen molar-refractivity contribution >= 4 is 15.9 Å². The molecule has 0 radical (unpaired) electrons. The molecule has 174 valence electrons. The molecule has 0 aliphatic carbocycles. The molecule has 6 nitrogen and oxygen atoms in total. The summed E-state index contributed by atoms with van der Waals surface area (Å²) >= 11 is 0. The summed E-state index contributed by atoms with van der Waals surface area (Å²) in [6.45, 7) is 2.03. The number of benzene rings is 3. The van der Waals surface area contributed by atoms with Crippen molar-refractivity contribution in [2.24, 2.45) is 0 Å². The molecule has 0 unspecified atom stereocenters. The van der Waals surface area contributed by atoms with Crippen molar-refractivity contribution in [2.75, 3.05) is 21.2 Å². The first kappa shape index (κ1) is 24.5. The molecule has 0 aliphatic rings. The molecule has 1 N–H and O–H groups in total. The van der Waals surface area contributed by atoms with Gasteiger partial charge in [-0.05, 0) is 48.2 Å². The number of ether oxygens (including phenoxy) is 1. The first-order chi connectivity index (χ1) is 15.7. The molecular formula is C26H30N2O4S. The summed E-state index contributed by atoms with van der Waals surface area (Å²) < 4.78 is 31.6. The molecule has 3 rings (SSSR count). The van der Waals surface area contributed by atoms with E-state index in [9.17, 15) is 13.2 Å². The summed E-state index contributed by atoms with van der Waals surface area (Å²) in [5, 5.41) is 3.13. The van der Waals surface area contributed by atoms with E-state index >= 15 is 0 Å². The molecule has 0 saturated heterocycles. The van der Waals surface area contributed by atoms with Gasteiger partial charge in [-0.1, -0.05) is 60.2 Å². The average molecular weight is 467 g/mol. The first-order valence-electron chi connectivity index (χ1n) is 10.7. The van der Waals surface area contributed by atoms with Crippen LogP contribution in [0.15, 0.2) is 77.7 Å². The predicted molar refractivity (Wildman–Crippen MR) is 130 cm³/mol. The molecule has 1 amide bonds. The van der Waals surface area contributed by atoms with E-state index in [2.05, 4.69) is 5.32 Å². The number of hydrogen-bond donors (Lipinski definition) is 1. The number of amides is 1. The van der Waals surface area contributed by atoms with Crippen molar-refractivity contribution in [1.29, 1.82) is 0 Å². The number of aryl methyl sites for hydroxylation is 2. The molecule has 7 heteroatoms. The largest absolute Gasteiger partial charge is 0.496 e. The highest BCUT2D eigenvalue weighted by atomic mass is 32.2. The van der Waals surface area contributed by atoms with Gasteiger partial charge in [-0.3, -0.25) is 4.79 Å². The van der Waals surface area contributed by atoms with Gasteiger partial charge in [0.2, 0.25) is 15.9 Å². The average Bonchev–Trinajstić information content (AvgIpc) is 2.82. The van der Waals surface area contributed by atoms with Crippen LogP contribution in [-0.2, 0) is 21.2 Å². The summed E-state index contributed by atoms with van der Waals surface area (Å²) in [6.07, 6.45) is 0.540. The van der Waals surface area contributed by atoms with E-state index in [0.717, 1.165) is 21.0 Å². The highest BCUT2D eigenvalue weighted by molar-refractivity contribution is 7.89. The van der Waals surface area contributed by atoms with Crippen molar-refractivity contribution in [3.8, 4) is 5.75 Å². The van der Waals surface area contributed by atoms with E-state index in [-0.39, 0.29) is 23.3 Å². The second-order valence-corrected chi connectivity index (χ2v) is 10.2. The number of hydrogen-bond acceptors (Lipinski definition) is 4. The predicted octanol–water partition coefficient (Wildman–Crippen LogP) is 4.09. The summed E-state index contributed by atoms with van der Waals surface area (Å²) in [5.74, 6) is 0.422. The Morgan fingerprint density at radius 3 is 2.21 bits per heavy atom. The Morgan fingerprint density at radius 1 is 0.970 bits per heavy atom. The number of carbonyl (C=O) groups is 1. The fourth-order valence-electron chi connectivity index (χ4n) is 3.57. The van der Waals surface area contributed by atoms with Crippen molar-refractivity contribution in [3.05, 3.63) is 95.1 Å². The highest BCUT2D eigenvalue weighted by Gasteiger charge is 2.20. The van der Waals surface area contributed by atoms with Gasteiger partial charge in [-0.2, -0.15) is 0 Å². The number of rotatable bonds is 9. The van der Waals surface area contributed by atoms with Crippen LogP contribution >= 0.6 is 0 Å². The summed E-state index contributed by atoms with van der Waals surface area (Å²) in [4.78, 5) is 13.1. The minimum atomic E-state index is -3.58. The van der Waals surface area contributed by atoms with Gasteiger partial charge in [-0.15, -0.1) is 0 Å². The van der Waals surface area contributed by atoms with Crippen LogP contribution in [0.3, 0.4) is 0 Å². The minimum Gasteiger partial charge on any atom is -0.496 e. The molecule has 3 aromatic carbocycles. The Labute approximate surface area is 196 Å². The Balaban J connectivity index is 1.80. The van der Waals surface area contributed by atoms with Gasteiger partial charge in [0.1, 0.15) is 5.75 Å². The minimum absolute atomic E-state index is 0.132. The maximum Gasteiger partial charge on any atom is 0.242 e. The van der Waals surface area contributed by atoms with Crippen LogP contribution in [0, 0.1) is 6.92 Å². The molecule has 33 heavy (non-hydrogen) atoms. The Morgan fingerprint density at radius 2 is 1.61 bits per heavy atom. The first-order valence-corrected chi connectivity index (χ1v) is 12.2. The lowest BCUT2D eigenvalue weighted by atomic mass is 9.97. The van der Waals surface area contributed by atoms with Crippen molar-refractivity contribution in [2.45, 2.75) is 30.7 Å². The standard InChI is InChI=1S/C26H30N2O4S/c1-19-10-12-21(13-11-19)26(20-8-6-5-7-9-20)27-25(29)17-14-22-18-23(15-16-24(22)32-4)33(30,31)28(2)3/h5-13,15-16,18,26H,14,17H2,1-4H3,(H,27,29)/t26-/m1/s1. The van der Waals surface area contributed by atoms with E-state index < -0.39 is 10.0 Å². The molecule has 0 saturated carbocycles. The number of sulfonamides is 1. The van der Waals surface area contributed by atoms with Gasteiger partial charge >= 0.3 is 0 Å². The SMILES string of the molecule is COc1ccc(S(=O)(=O)N(C)C)cc1CCC(=O)N[C@H](c1ccccc1)c1ccc(C)cc1. The number of methoxy groups -OCH3 is 1. The fourth-order valence-corrected chi connectivity index (χ4v) is 4.52. The van der Waals surface area contributed by atoms with E-state index in [1.165, 1.54) is 27.3 Å². The molecule has 0 bridgehead atoms. The molecule has 0 spiro atoms. The van der Waals surface area contributed by atoms with Crippen LogP contribution in [0.5, 0.6) is 5.75 Å². The molecule has 0 aromatic heterocycles. The highest BCUT2D eigenvalue weighted by Crippen LogP contribution is 2.26. The smallest absolute Gasteiger partial charge is 0.242 e. The van der Waals surface area contributed by atoms with Gasteiger partial charge in [0.05, 0.1) is 18.0 Å². The molecule has 0 heterocycles. The third kappa shape index (κ3) is 6.00. The zero-order valence-electron chi connectivity index (χ0n) is 19.4. The molecular weight excluding hydrogens is 436 g/mol. The quantitative estimate of drug-likeness (QED) is 0.515. The zero-order chi connectivity index (χ0) is 24.0. The maximum atomic E-state index is 13.0. The zero-order valence-corrected chi connectivity index (χ0v) is 20.2. The van der Waals surface area contributed by atoms with Crippen LogP contribution in [0.4, 0.5) is 0 Å². The van der Waals surface area contributed by atoms with E-state index in [1.807, 2.05) is 61.5 Å². The summed E-state index contributed by atoms with van der Waals surface area (Å²) in [7, 11) is 0.924. The van der Waals surface area contributed by atoms with Gasteiger partial charge in [-0.25, -0.2) is 12.7 Å². The van der Waals surface area contributed by atoms with Crippen molar-refractivity contribution in [1.82, 2.24) is 9.62 Å². The second kappa shape index (κ2) is 10.6. The van der Waals surface area contributed by atoms with E-state index in [0.29, 0.717) is 17.7 Å². The van der Waals surface area contributed by atoms with Crippen LogP contribution in [-0.4, -0.2) is 39.8 Å². The molecule has 3 aromatic rings. The fraction of sp³-hybridized carbons (Fsp3) is 0.269. The van der Waals surface area contributed by atoms with E-state index in [4.69, 9.17) is 4.74 Å². The lowest BCUT2D eigenvalue weighted by molar-refractivity contribution is -0.121. The third-order valence-corrected chi connectivity index (χ3v) is 7.31. The van der Waals surface area contributed by atoms with Gasteiger partial charge in [0, 0.05) is 20.5 Å².